The third-order valence-electron chi connectivity index (χ3n) is 5.50. The average molecular weight is 629 g/mol. The minimum atomic E-state index is -0.688. The minimum absolute atomic E-state index is 0.0447. The van der Waals surface area contributed by atoms with Crippen LogP contribution in [0.2, 0.25) is 15.1 Å². The van der Waals surface area contributed by atoms with Gasteiger partial charge in [-0.25, -0.2) is 4.39 Å². The first-order valence-corrected chi connectivity index (χ1v) is 14.1. The normalized spacial score (nSPS) is 11.1. The predicted molar refractivity (Wildman–Crippen MR) is 164 cm³/mol. The summed E-state index contributed by atoms with van der Waals surface area (Å²) < 4.78 is 14.5. The predicted octanol–water partition coefficient (Wildman–Crippen LogP) is 7.93. The maximum absolute atomic E-state index is 14.5. The molecule has 0 radical (unpaired) electrons. The van der Waals surface area contributed by atoms with E-state index in [0.29, 0.717) is 27.0 Å². The number of carbonyl (C=O) groups excluding carboxylic acids is 3. The van der Waals surface area contributed by atoms with Crippen molar-refractivity contribution in [2.75, 3.05) is 16.4 Å². The van der Waals surface area contributed by atoms with Crippen LogP contribution < -0.4 is 16.0 Å². The molecule has 0 bridgehead atoms. The molecule has 208 valence electrons. The summed E-state index contributed by atoms with van der Waals surface area (Å²) in [4.78, 5) is 39.1. The van der Waals surface area contributed by atoms with Gasteiger partial charge in [-0.2, -0.15) is 0 Å². The second-order valence-electron chi connectivity index (χ2n) is 8.45. The minimum Gasteiger partial charge on any atom is -0.324 e. The van der Waals surface area contributed by atoms with E-state index < -0.39 is 17.6 Å². The van der Waals surface area contributed by atoms with Crippen LogP contribution in [0.15, 0.2) is 102 Å². The van der Waals surface area contributed by atoms with E-state index in [9.17, 15) is 18.8 Å². The van der Waals surface area contributed by atoms with Crippen molar-refractivity contribution in [3.05, 3.63) is 129 Å². The van der Waals surface area contributed by atoms with E-state index in [4.69, 9.17) is 34.8 Å². The first kappa shape index (κ1) is 30.1. The second kappa shape index (κ2) is 14.2. The molecule has 3 amide bonds. The molecule has 41 heavy (non-hydrogen) atoms. The highest BCUT2D eigenvalue weighted by molar-refractivity contribution is 8.00. The van der Waals surface area contributed by atoms with Crippen molar-refractivity contribution >= 4 is 81.7 Å². The number of thioether (sulfide) groups is 1. The maximum Gasteiger partial charge on any atom is 0.272 e. The van der Waals surface area contributed by atoms with E-state index in [1.807, 2.05) is 0 Å². The molecular formula is C30H21Cl3FN3O3S. The summed E-state index contributed by atoms with van der Waals surface area (Å²) in [6.07, 6.45) is 1.18. The van der Waals surface area contributed by atoms with Gasteiger partial charge < -0.3 is 16.0 Å². The maximum atomic E-state index is 14.5. The molecule has 0 aliphatic carbocycles. The zero-order valence-corrected chi connectivity index (χ0v) is 24.2. The van der Waals surface area contributed by atoms with Crippen molar-refractivity contribution in [2.24, 2.45) is 0 Å². The highest BCUT2D eigenvalue weighted by atomic mass is 35.5. The zero-order chi connectivity index (χ0) is 29.4. The summed E-state index contributed by atoms with van der Waals surface area (Å²) in [7, 11) is 0. The smallest absolute Gasteiger partial charge is 0.272 e. The van der Waals surface area contributed by atoms with Crippen molar-refractivity contribution in [3.8, 4) is 0 Å². The molecule has 11 heteroatoms. The number of halogens is 4. The number of hydrogen-bond donors (Lipinski definition) is 3. The SMILES string of the molecule is O=C(CSc1ccc(NC(=O)/C(=C/c2c(F)cccc2Cl)NC(=O)c2ccccc2)cc1)Nc1cc(Cl)ccc1Cl. The molecule has 0 aliphatic rings. The van der Waals surface area contributed by atoms with Gasteiger partial charge in [0.25, 0.3) is 11.8 Å². The van der Waals surface area contributed by atoms with Gasteiger partial charge in [0.2, 0.25) is 5.91 Å². The Balaban J connectivity index is 1.44. The highest BCUT2D eigenvalue weighted by Gasteiger charge is 2.17. The first-order chi connectivity index (χ1) is 19.7. The molecule has 0 spiro atoms. The van der Waals surface area contributed by atoms with Crippen LogP contribution in [0.5, 0.6) is 0 Å². The fourth-order valence-corrected chi connectivity index (χ4v) is 4.75. The number of carbonyl (C=O) groups is 3. The van der Waals surface area contributed by atoms with Gasteiger partial charge in [0.05, 0.1) is 21.5 Å². The van der Waals surface area contributed by atoms with Crippen molar-refractivity contribution in [1.29, 1.82) is 0 Å². The van der Waals surface area contributed by atoms with Crippen LogP contribution in [0.3, 0.4) is 0 Å². The third kappa shape index (κ3) is 8.58. The highest BCUT2D eigenvalue weighted by Crippen LogP contribution is 2.27. The summed E-state index contributed by atoms with van der Waals surface area (Å²) in [5.74, 6) is -2.06. The molecule has 0 saturated carbocycles. The van der Waals surface area contributed by atoms with Gasteiger partial charge in [0.15, 0.2) is 0 Å². The summed E-state index contributed by atoms with van der Waals surface area (Å²) in [6.45, 7) is 0. The first-order valence-electron chi connectivity index (χ1n) is 12.0. The lowest BCUT2D eigenvalue weighted by atomic mass is 10.1. The van der Waals surface area contributed by atoms with Gasteiger partial charge in [0, 0.05) is 26.7 Å². The van der Waals surface area contributed by atoms with E-state index in [0.717, 1.165) is 4.90 Å². The monoisotopic (exact) mass is 627 g/mol. The molecule has 0 unspecified atom stereocenters. The van der Waals surface area contributed by atoms with E-state index in [-0.39, 0.29) is 27.9 Å². The lowest BCUT2D eigenvalue weighted by Crippen LogP contribution is -2.30. The van der Waals surface area contributed by atoms with Crippen molar-refractivity contribution in [3.63, 3.8) is 0 Å². The molecule has 0 aromatic heterocycles. The van der Waals surface area contributed by atoms with Gasteiger partial charge in [-0.05, 0) is 72.8 Å². The summed E-state index contributed by atoms with van der Waals surface area (Å²) >= 11 is 19.5. The molecule has 3 N–H and O–H groups in total. The summed E-state index contributed by atoms with van der Waals surface area (Å²) in [5.41, 5.74) is 0.892. The number of anilines is 2. The lowest BCUT2D eigenvalue weighted by molar-refractivity contribution is -0.114. The molecule has 4 rings (SSSR count). The Morgan fingerprint density at radius 2 is 1.54 bits per heavy atom. The Hall–Kier alpha value is -3.82. The molecule has 4 aromatic carbocycles. The Bertz CT molecular complexity index is 1600. The Morgan fingerprint density at radius 3 is 2.24 bits per heavy atom. The van der Waals surface area contributed by atoms with Crippen LogP contribution in [0.1, 0.15) is 15.9 Å². The van der Waals surface area contributed by atoms with Crippen LogP contribution in [0.25, 0.3) is 6.08 Å². The second-order valence-corrected chi connectivity index (χ2v) is 10.8. The average Bonchev–Trinajstić information content (AvgIpc) is 2.96. The number of nitrogens with one attached hydrogen (secondary N) is 3. The van der Waals surface area contributed by atoms with E-state index in [1.165, 1.54) is 36.0 Å². The van der Waals surface area contributed by atoms with Crippen molar-refractivity contribution in [1.82, 2.24) is 5.32 Å². The Kier molecular flexibility index (Phi) is 10.4. The fraction of sp³-hybridized carbons (Fsp3) is 0.0333. The number of rotatable bonds is 9. The number of amides is 3. The van der Waals surface area contributed by atoms with Gasteiger partial charge >= 0.3 is 0 Å². The van der Waals surface area contributed by atoms with E-state index in [2.05, 4.69) is 16.0 Å². The van der Waals surface area contributed by atoms with Crippen LogP contribution in [0, 0.1) is 5.82 Å². The Morgan fingerprint density at radius 1 is 0.805 bits per heavy atom. The number of benzene rings is 4. The fourth-order valence-electron chi connectivity index (χ4n) is 3.50. The van der Waals surface area contributed by atoms with Crippen LogP contribution in [0.4, 0.5) is 15.8 Å². The molecule has 6 nitrogen and oxygen atoms in total. The molecule has 0 heterocycles. The van der Waals surface area contributed by atoms with Crippen LogP contribution >= 0.6 is 46.6 Å². The standard InChI is InChI=1S/C30H21Cl3FN3O3S/c31-19-9-14-24(33)26(15-19)36-28(38)17-41-21-12-10-20(11-13-21)35-30(40)27(16-22-23(32)7-4-8-25(22)34)37-29(39)18-5-2-1-3-6-18/h1-16H,17H2,(H,35,40)(H,36,38)(H,37,39)/b27-16-. The summed E-state index contributed by atoms with van der Waals surface area (Å²) in [6, 6.07) is 23.9. The van der Waals surface area contributed by atoms with Crippen LogP contribution in [-0.4, -0.2) is 23.5 Å². The molecule has 0 aliphatic heterocycles. The van der Waals surface area contributed by atoms with Gasteiger partial charge in [-0.15, -0.1) is 11.8 Å². The summed E-state index contributed by atoms with van der Waals surface area (Å²) in [5, 5.41) is 8.85. The van der Waals surface area contributed by atoms with Gasteiger partial charge in [0.1, 0.15) is 11.5 Å². The lowest BCUT2D eigenvalue weighted by Gasteiger charge is -2.12. The van der Waals surface area contributed by atoms with Gasteiger partial charge in [-0.1, -0.05) is 59.1 Å². The largest absolute Gasteiger partial charge is 0.324 e. The van der Waals surface area contributed by atoms with E-state index >= 15 is 0 Å². The third-order valence-corrected chi connectivity index (χ3v) is 7.41. The van der Waals surface area contributed by atoms with Crippen LogP contribution in [-0.2, 0) is 9.59 Å². The van der Waals surface area contributed by atoms with Crippen molar-refractivity contribution < 1.29 is 18.8 Å². The topological polar surface area (TPSA) is 87.3 Å². The molecule has 0 atom stereocenters. The zero-order valence-electron chi connectivity index (χ0n) is 21.1. The molecule has 0 fully saturated rings. The van der Waals surface area contributed by atoms with Gasteiger partial charge in [-0.3, -0.25) is 14.4 Å². The molecule has 0 saturated heterocycles. The molecule has 4 aromatic rings. The number of hydrogen-bond acceptors (Lipinski definition) is 4. The Labute approximate surface area is 254 Å². The van der Waals surface area contributed by atoms with Crippen molar-refractivity contribution in [2.45, 2.75) is 4.90 Å². The molecular weight excluding hydrogens is 608 g/mol. The quantitative estimate of drug-likeness (QED) is 0.130. The van der Waals surface area contributed by atoms with E-state index in [1.54, 1.807) is 72.8 Å².